The number of primary amides is 1. The summed E-state index contributed by atoms with van der Waals surface area (Å²) in [6.45, 7) is 0.691. The van der Waals surface area contributed by atoms with Crippen LogP contribution in [0, 0.1) is 5.92 Å². The standard InChI is InChI=1S/C19H21NO3/c1-22-17-4-2-3-16-10-15(12-23-19(16)17)9-13-5-7-14(8-6-13)11-18(20)21/h2-8,15H,9-12H2,1H3,(H2,20,21). The molecule has 0 radical (unpaired) electrons. The molecule has 0 fully saturated rings. The van der Waals surface area contributed by atoms with Crippen LogP contribution in [0.25, 0.3) is 0 Å². The van der Waals surface area contributed by atoms with Gasteiger partial charge in [-0.2, -0.15) is 0 Å². The molecular formula is C19H21NO3. The predicted molar refractivity (Wildman–Crippen MR) is 88.7 cm³/mol. The number of methoxy groups -OCH3 is 1. The van der Waals surface area contributed by atoms with Crippen LogP contribution in [0.4, 0.5) is 0 Å². The van der Waals surface area contributed by atoms with Crippen molar-refractivity contribution in [3.05, 3.63) is 59.2 Å². The molecule has 1 atom stereocenters. The topological polar surface area (TPSA) is 61.6 Å². The Bertz CT molecular complexity index is 694. The highest BCUT2D eigenvalue weighted by atomic mass is 16.5. The molecule has 2 aromatic rings. The third-order valence-electron chi connectivity index (χ3n) is 4.18. The van der Waals surface area contributed by atoms with Crippen LogP contribution in [0.2, 0.25) is 0 Å². The van der Waals surface area contributed by atoms with Crippen molar-refractivity contribution in [2.24, 2.45) is 11.7 Å². The van der Waals surface area contributed by atoms with Gasteiger partial charge in [0.1, 0.15) is 0 Å². The van der Waals surface area contributed by atoms with Crippen molar-refractivity contribution in [2.75, 3.05) is 13.7 Å². The van der Waals surface area contributed by atoms with Crippen molar-refractivity contribution in [3.8, 4) is 11.5 Å². The van der Waals surface area contributed by atoms with Crippen LogP contribution in [0.1, 0.15) is 16.7 Å². The van der Waals surface area contributed by atoms with E-state index in [-0.39, 0.29) is 5.91 Å². The first kappa shape index (κ1) is 15.4. The number of carbonyl (C=O) groups excluding carboxylic acids is 1. The van der Waals surface area contributed by atoms with Gasteiger partial charge in [-0.15, -0.1) is 0 Å². The molecule has 4 nitrogen and oxygen atoms in total. The molecule has 1 unspecified atom stereocenters. The quantitative estimate of drug-likeness (QED) is 0.923. The Hall–Kier alpha value is -2.49. The summed E-state index contributed by atoms with van der Waals surface area (Å²) in [6.07, 6.45) is 2.23. The van der Waals surface area contributed by atoms with E-state index in [1.165, 1.54) is 11.1 Å². The normalized spacial score (nSPS) is 16.3. The molecule has 1 heterocycles. The van der Waals surface area contributed by atoms with Gasteiger partial charge in [0.15, 0.2) is 11.5 Å². The molecule has 3 rings (SSSR count). The Kier molecular flexibility index (Phi) is 4.51. The molecule has 0 aliphatic carbocycles. The zero-order chi connectivity index (χ0) is 16.2. The van der Waals surface area contributed by atoms with Gasteiger partial charge in [0.25, 0.3) is 0 Å². The van der Waals surface area contributed by atoms with Gasteiger partial charge < -0.3 is 15.2 Å². The molecule has 23 heavy (non-hydrogen) atoms. The predicted octanol–water partition coefficient (Wildman–Crippen LogP) is 2.52. The fraction of sp³-hybridized carbons (Fsp3) is 0.316. The lowest BCUT2D eigenvalue weighted by Gasteiger charge is -2.26. The van der Waals surface area contributed by atoms with E-state index >= 15 is 0 Å². The van der Waals surface area contributed by atoms with Crippen LogP contribution >= 0.6 is 0 Å². The Morgan fingerprint density at radius 3 is 2.65 bits per heavy atom. The number of hydrogen-bond acceptors (Lipinski definition) is 3. The molecule has 2 aromatic carbocycles. The van der Waals surface area contributed by atoms with E-state index < -0.39 is 0 Å². The number of carbonyl (C=O) groups is 1. The minimum Gasteiger partial charge on any atom is -0.493 e. The summed E-state index contributed by atoms with van der Waals surface area (Å²) in [5.41, 5.74) is 8.62. The van der Waals surface area contributed by atoms with Crippen LogP contribution in [-0.2, 0) is 24.1 Å². The number of amides is 1. The van der Waals surface area contributed by atoms with Gasteiger partial charge in [-0.25, -0.2) is 0 Å². The van der Waals surface area contributed by atoms with E-state index in [0.717, 1.165) is 29.9 Å². The van der Waals surface area contributed by atoms with Gasteiger partial charge in [-0.05, 0) is 35.6 Å². The number of para-hydroxylation sites is 1. The summed E-state index contributed by atoms with van der Waals surface area (Å²) in [5, 5.41) is 0. The molecule has 0 bridgehead atoms. The average Bonchev–Trinajstić information content (AvgIpc) is 2.55. The Morgan fingerprint density at radius 1 is 1.22 bits per heavy atom. The first-order valence-corrected chi connectivity index (χ1v) is 7.80. The van der Waals surface area contributed by atoms with Gasteiger partial charge in [0, 0.05) is 5.92 Å². The molecule has 1 aliphatic heterocycles. The van der Waals surface area contributed by atoms with Gasteiger partial charge in [-0.3, -0.25) is 4.79 Å². The third-order valence-corrected chi connectivity index (χ3v) is 4.18. The maximum absolute atomic E-state index is 10.9. The molecule has 1 amide bonds. The van der Waals surface area contributed by atoms with Crippen molar-refractivity contribution < 1.29 is 14.3 Å². The number of benzene rings is 2. The molecule has 4 heteroatoms. The molecule has 120 valence electrons. The second kappa shape index (κ2) is 6.73. The Balaban J connectivity index is 1.66. The van der Waals surface area contributed by atoms with Crippen LogP contribution in [0.5, 0.6) is 11.5 Å². The van der Waals surface area contributed by atoms with Crippen molar-refractivity contribution in [3.63, 3.8) is 0 Å². The summed E-state index contributed by atoms with van der Waals surface area (Å²) >= 11 is 0. The summed E-state index contributed by atoms with van der Waals surface area (Å²) in [4.78, 5) is 10.9. The summed E-state index contributed by atoms with van der Waals surface area (Å²) < 4.78 is 11.3. The smallest absolute Gasteiger partial charge is 0.221 e. The molecule has 1 aliphatic rings. The number of ether oxygens (including phenoxy) is 2. The summed E-state index contributed by atoms with van der Waals surface area (Å²) in [6, 6.07) is 14.1. The maximum atomic E-state index is 10.9. The zero-order valence-corrected chi connectivity index (χ0v) is 13.2. The van der Waals surface area contributed by atoms with Crippen LogP contribution < -0.4 is 15.2 Å². The third kappa shape index (κ3) is 3.65. The van der Waals surface area contributed by atoms with Crippen molar-refractivity contribution in [1.82, 2.24) is 0 Å². The SMILES string of the molecule is COc1cccc2c1OCC(Cc1ccc(CC(N)=O)cc1)C2. The lowest BCUT2D eigenvalue weighted by molar-refractivity contribution is -0.117. The molecule has 0 saturated carbocycles. The van der Waals surface area contributed by atoms with Gasteiger partial charge in [0.05, 0.1) is 20.1 Å². The fourth-order valence-corrected chi connectivity index (χ4v) is 3.08. The minimum atomic E-state index is -0.302. The minimum absolute atomic E-state index is 0.292. The average molecular weight is 311 g/mol. The Labute approximate surface area is 136 Å². The maximum Gasteiger partial charge on any atom is 0.221 e. The summed E-state index contributed by atoms with van der Waals surface area (Å²) in [7, 11) is 1.67. The lowest BCUT2D eigenvalue weighted by atomic mass is 9.90. The van der Waals surface area contributed by atoms with Gasteiger partial charge >= 0.3 is 0 Å². The molecule has 0 aromatic heterocycles. The largest absolute Gasteiger partial charge is 0.493 e. The fourth-order valence-electron chi connectivity index (χ4n) is 3.08. The number of hydrogen-bond donors (Lipinski definition) is 1. The van der Waals surface area contributed by atoms with Crippen molar-refractivity contribution >= 4 is 5.91 Å². The zero-order valence-electron chi connectivity index (χ0n) is 13.2. The van der Waals surface area contributed by atoms with E-state index in [2.05, 4.69) is 18.2 Å². The second-order valence-corrected chi connectivity index (χ2v) is 5.99. The van der Waals surface area contributed by atoms with Crippen molar-refractivity contribution in [1.29, 1.82) is 0 Å². The van der Waals surface area contributed by atoms with Gasteiger partial charge in [0.2, 0.25) is 5.91 Å². The highest BCUT2D eigenvalue weighted by Crippen LogP contribution is 2.36. The van der Waals surface area contributed by atoms with E-state index in [0.29, 0.717) is 18.9 Å². The lowest BCUT2D eigenvalue weighted by Crippen LogP contribution is -2.23. The molecular weight excluding hydrogens is 290 g/mol. The van der Waals surface area contributed by atoms with Gasteiger partial charge in [-0.1, -0.05) is 36.4 Å². The van der Waals surface area contributed by atoms with E-state index in [9.17, 15) is 4.79 Å². The number of fused-ring (bicyclic) bond motifs is 1. The number of rotatable bonds is 5. The first-order chi connectivity index (χ1) is 11.2. The highest BCUT2D eigenvalue weighted by Gasteiger charge is 2.22. The summed E-state index contributed by atoms with van der Waals surface area (Å²) in [5.74, 6) is 1.82. The highest BCUT2D eigenvalue weighted by molar-refractivity contribution is 5.76. The molecule has 2 N–H and O–H groups in total. The number of nitrogens with two attached hydrogens (primary N) is 1. The van der Waals surface area contributed by atoms with Crippen LogP contribution in [0.3, 0.4) is 0 Å². The Morgan fingerprint density at radius 2 is 1.96 bits per heavy atom. The van der Waals surface area contributed by atoms with E-state index in [4.69, 9.17) is 15.2 Å². The molecule has 0 spiro atoms. The van der Waals surface area contributed by atoms with E-state index in [1.54, 1.807) is 7.11 Å². The van der Waals surface area contributed by atoms with Crippen LogP contribution in [0.15, 0.2) is 42.5 Å². The molecule has 0 saturated heterocycles. The first-order valence-electron chi connectivity index (χ1n) is 7.80. The second-order valence-electron chi connectivity index (χ2n) is 5.99. The monoisotopic (exact) mass is 311 g/mol. The van der Waals surface area contributed by atoms with Crippen LogP contribution in [-0.4, -0.2) is 19.6 Å². The van der Waals surface area contributed by atoms with E-state index in [1.807, 2.05) is 24.3 Å². The van der Waals surface area contributed by atoms with Crippen molar-refractivity contribution in [2.45, 2.75) is 19.3 Å².